The normalized spacial score (nSPS) is 11.9. The number of amides is 1. The van der Waals surface area contributed by atoms with Crippen molar-refractivity contribution in [3.8, 4) is 5.69 Å². The fraction of sp³-hybridized carbons (Fsp3) is 0.154. The number of hydrazone groups is 1. The van der Waals surface area contributed by atoms with Crippen LogP contribution < -0.4 is 10.7 Å². The summed E-state index contributed by atoms with van der Waals surface area (Å²) in [4.78, 5) is 23.0. The smallest absolute Gasteiger partial charge is 0.269 e. The van der Waals surface area contributed by atoms with Gasteiger partial charge in [0.1, 0.15) is 0 Å². The van der Waals surface area contributed by atoms with Crippen LogP contribution in [0.5, 0.6) is 0 Å². The van der Waals surface area contributed by atoms with Gasteiger partial charge in [-0.3, -0.25) is 19.5 Å². The third-order valence-electron chi connectivity index (χ3n) is 5.48. The number of nitrogens with one attached hydrogen (secondary N) is 2. The highest BCUT2D eigenvalue weighted by Gasteiger charge is 2.21. The second-order valence-corrected chi connectivity index (χ2v) is 10.8. The minimum atomic E-state index is -0.519. The van der Waals surface area contributed by atoms with Crippen LogP contribution in [0.1, 0.15) is 23.9 Å². The van der Waals surface area contributed by atoms with E-state index in [-0.39, 0.29) is 11.6 Å². The van der Waals surface area contributed by atoms with Crippen molar-refractivity contribution in [2.75, 3.05) is 5.32 Å². The van der Waals surface area contributed by atoms with Crippen molar-refractivity contribution in [1.29, 1.82) is 0 Å². The number of carbonyl (C=O) groups excluding carboxylic acids is 1. The summed E-state index contributed by atoms with van der Waals surface area (Å²) in [6, 6.07) is 21.8. The molecule has 0 radical (unpaired) electrons. The van der Waals surface area contributed by atoms with Crippen LogP contribution in [0.4, 0.5) is 11.4 Å². The molecule has 38 heavy (non-hydrogen) atoms. The van der Waals surface area contributed by atoms with Gasteiger partial charge in [-0.2, -0.15) is 5.10 Å². The van der Waals surface area contributed by atoms with Gasteiger partial charge in [0.15, 0.2) is 11.0 Å². The van der Waals surface area contributed by atoms with Gasteiger partial charge in [0, 0.05) is 27.1 Å². The van der Waals surface area contributed by atoms with E-state index >= 15 is 0 Å². The number of thioether (sulfide) groups is 1. The first kappa shape index (κ1) is 27.3. The Balaban J connectivity index is 1.45. The third-order valence-corrected chi connectivity index (χ3v) is 7.20. The van der Waals surface area contributed by atoms with E-state index in [0.717, 1.165) is 16.9 Å². The summed E-state index contributed by atoms with van der Waals surface area (Å²) in [6.45, 7) is 4.26. The van der Waals surface area contributed by atoms with Gasteiger partial charge in [0.05, 0.1) is 22.9 Å². The molecule has 0 saturated carbocycles. The molecule has 194 valence electrons. The van der Waals surface area contributed by atoms with E-state index in [1.54, 1.807) is 19.1 Å². The first-order chi connectivity index (χ1) is 18.3. The molecule has 0 bridgehead atoms. The topological polar surface area (TPSA) is 127 Å². The Kier molecular flexibility index (Phi) is 9.07. The van der Waals surface area contributed by atoms with Crippen molar-refractivity contribution in [2.24, 2.45) is 5.10 Å². The fourth-order valence-corrected chi connectivity index (χ4v) is 5.01. The Bertz CT molecular complexity index is 1460. The lowest BCUT2D eigenvalue weighted by Crippen LogP contribution is -2.27. The molecule has 10 nitrogen and oxygen atoms in total. The number of anilines is 1. The molecule has 1 heterocycles. The summed E-state index contributed by atoms with van der Waals surface area (Å²) < 4.78 is 3.10. The molecular weight excluding hydrogens is 617 g/mol. The molecule has 0 spiro atoms. The van der Waals surface area contributed by atoms with Crippen LogP contribution in [0.2, 0.25) is 0 Å². The molecule has 3 aromatic carbocycles. The van der Waals surface area contributed by atoms with E-state index in [2.05, 4.69) is 61.6 Å². The lowest BCUT2D eigenvalue weighted by atomic mass is 10.2. The number of non-ortho nitro benzene ring substituents is 1. The van der Waals surface area contributed by atoms with E-state index < -0.39 is 10.2 Å². The molecule has 0 aliphatic rings. The van der Waals surface area contributed by atoms with Gasteiger partial charge < -0.3 is 5.32 Å². The van der Waals surface area contributed by atoms with E-state index in [1.807, 2.05) is 47.0 Å². The van der Waals surface area contributed by atoms with Crippen molar-refractivity contribution >= 4 is 57.8 Å². The van der Waals surface area contributed by atoms with E-state index in [1.165, 1.54) is 33.7 Å². The number of rotatable bonds is 10. The van der Waals surface area contributed by atoms with Crippen molar-refractivity contribution in [3.63, 3.8) is 0 Å². The first-order valence-electron chi connectivity index (χ1n) is 11.6. The maximum absolute atomic E-state index is 12.7. The lowest BCUT2D eigenvalue weighted by molar-refractivity contribution is -0.384. The van der Waals surface area contributed by atoms with Gasteiger partial charge in [-0.25, -0.2) is 5.43 Å². The Morgan fingerprint density at radius 3 is 2.58 bits per heavy atom. The van der Waals surface area contributed by atoms with Crippen LogP contribution >= 0.6 is 34.4 Å². The molecule has 1 amide bonds. The van der Waals surface area contributed by atoms with Crippen LogP contribution in [-0.4, -0.2) is 37.1 Å². The summed E-state index contributed by atoms with van der Waals surface area (Å²) in [5.74, 6) is 0.394. The summed E-state index contributed by atoms with van der Waals surface area (Å²) in [7, 11) is 0. The monoisotopic (exact) mass is 641 g/mol. The van der Waals surface area contributed by atoms with Gasteiger partial charge in [-0.1, -0.05) is 30.0 Å². The zero-order valence-corrected chi connectivity index (χ0v) is 23.5. The fourth-order valence-electron chi connectivity index (χ4n) is 3.48. The highest BCUT2D eigenvalue weighted by molar-refractivity contribution is 14.1. The van der Waals surface area contributed by atoms with Crippen LogP contribution in [0.15, 0.2) is 83.1 Å². The minimum Gasteiger partial charge on any atom is -0.378 e. The average molecular weight is 641 g/mol. The average Bonchev–Trinajstić information content (AvgIpc) is 3.31. The van der Waals surface area contributed by atoms with Crippen molar-refractivity contribution in [2.45, 2.75) is 30.8 Å². The number of nitro groups is 1. The number of nitro benzene ring substituents is 1. The van der Waals surface area contributed by atoms with Crippen LogP contribution in [-0.2, 0) is 11.3 Å². The van der Waals surface area contributed by atoms with Crippen LogP contribution in [0.3, 0.4) is 0 Å². The lowest BCUT2D eigenvalue weighted by Gasteiger charge is -2.14. The molecule has 0 saturated heterocycles. The molecule has 4 rings (SSSR count). The number of benzene rings is 3. The molecular formula is C26H24IN7O3S. The Morgan fingerprint density at radius 2 is 1.89 bits per heavy atom. The zero-order valence-electron chi connectivity index (χ0n) is 20.5. The van der Waals surface area contributed by atoms with E-state index in [9.17, 15) is 14.9 Å². The van der Waals surface area contributed by atoms with Gasteiger partial charge in [-0.05, 0) is 90.0 Å². The number of carbonyl (C=O) groups is 1. The van der Waals surface area contributed by atoms with Gasteiger partial charge in [0.2, 0.25) is 0 Å². The predicted molar refractivity (Wildman–Crippen MR) is 157 cm³/mol. The van der Waals surface area contributed by atoms with Gasteiger partial charge in [0.25, 0.3) is 11.6 Å². The number of hydrogen-bond acceptors (Lipinski definition) is 8. The molecule has 1 aromatic heterocycles. The summed E-state index contributed by atoms with van der Waals surface area (Å²) >= 11 is 3.56. The number of para-hydroxylation sites is 1. The second kappa shape index (κ2) is 12.6. The highest BCUT2D eigenvalue weighted by atomic mass is 127. The molecule has 0 fully saturated rings. The standard InChI is InChI=1S/C26H24IN7O3S/c1-17-14-20(27)10-13-23(17)28-16-24-30-32-26(33(24)21-6-4-3-5-7-21)38-18(2)25(35)31-29-15-19-8-11-22(12-9-19)34(36)37/h3-15,18,28H,16H2,1-2H3,(H,31,35)/b29-15-/t18-/m0/s1. The van der Waals surface area contributed by atoms with E-state index in [4.69, 9.17) is 0 Å². The van der Waals surface area contributed by atoms with Crippen LogP contribution in [0.25, 0.3) is 5.69 Å². The Hall–Kier alpha value is -3.78. The maximum atomic E-state index is 12.7. The van der Waals surface area contributed by atoms with Crippen molar-refractivity contribution in [3.05, 3.63) is 103 Å². The van der Waals surface area contributed by atoms with Crippen LogP contribution in [0, 0.1) is 20.6 Å². The maximum Gasteiger partial charge on any atom is 0.269 e. The van der Waals surface area contributed by atoms with Crippen molar-refractivity contribution in [1.82, 2.24) is 20.2 Å². The first-order valence-corrected chi connectivity index (χ1v) is 13.5. The quantitative estimate of drug-likeness (QED) is 0.0788. The molecule has 0 aliphatic carbocycles. The third kappa shape index (κ3) is 6.95. The molecule has 0 aliphatic heterocycles. The molecule has 0 unspecified atom stereocenters. The Labute approximate surface area is 237 Å². The Morgan fingerprint density at radius 1 is 1.16 bits per heavy atom. The number of aryl methyl sites for hydroxylation is 1. The van der Waals surface area contributed by atoms with E-state index in [0.29, 0.717) is 23.1 Å². The number of hydrogen-bond donors (Lipinski definition) is 2. The highest BCUT2D eigenvalue weighted by Crippen LogP contribution is 2.27. The second-order valence-electron chi connectivity index (χ2n) is 8.23. The molecule has 2 N–H and O–H groups in total. The predicted octanol–water partition coefficient (Wildman–Crippen LogP) is 5.33. The number of aromatic nitrogens is 3. The largest absolute Gasteiger partial charge is 0.378 e. The molecule has 4 aromatic rings. The molecule has 12 heteroatoms. The molecule has 1 atom stereocenters. The van der Waals surface area contributed by atoms with Crippen molar-refractivity contribution < 1.29 is 9.72 Å². The zero-order chi connectivity index (χ0) is 27.1. The number of halogens is 1. The van der Waals surface area contributed by atoms with Gasteiger partial charge in [-0.15, -0.1) is 10.2 Å². The summed E-state index contributed by atoms with van der Waals surface area (Å²) in [6.07, 6.45) is 1.43. The summed E-state index contributed by atoms with van der Waals surface area (Å²) in [5.41, 5.74) is 6.17. The van der Waals surface area contributed by atoms with Gasteiger partial charge >= 0.3 is 0 Å². The minimum absolute atomic E-state index is 0.0121. The number of nitrogens with zero attached hydrogens (tertiary/aromatic N) is 5. The summed E-state index contributed by atoms with van der Waals surface area (Å²) in [5, 5.41) is 27.0. The SMILES string of the molecule is Cc1cc(I)ccc1NCc1nnc(S[C@@H](C)C(=O)N/N=C\c2ccc([N+](=O)[O-])cc2)n1-c1ccccc1.